The molecule has 0 saturated carbocycles. The summed E-state index contributed by atoms with van der Waals surface area (Å²) >= 11 is 0. The number of benzene rings is 1. The molecule has 1 aliphatic rings. The van der Waals surface area contributed by atoms with Crippen molar-refractivity contribution in [3.05, 3.63) is 35.9 Å². The predicted octanol–water partition coefficient (Wildman–Crippen LogP) is 0.981. The Hall–Kier alpha value is -0.910. The summed E-state index contributed by atoms with van der Waals surface area (Å²) < 4.78 is 24.9. The van der Waals surface area contributed by atoms with Crippen LogP contribution in [-0.2, 0) is 10.0 Å². The van der Waals surface area contributed by atoms with Crippen molar-refractivity contribution in [2.24, 2.45) is 0 Å². The molecule has 1 fully saturated rings. The highest BCUT2D eigenvalue weighted by molar-refractivity contribution is 7.88. The number of hydrogen-bond acceptors (Lipinski definition) is 3. The van der Waals surface area contributed by atoms with Crippen LogP contribution in [0.2, 0.25) is 0 Å². The van der Waals surface area contributed by atoms with Gasteiger partial charge in [0, 0.05) is 25.2 Å². The quantitative estimate of drug-likeness (QED) is 0.856. The molecule has 0 spiro atoms. The number of sulfonamides is 1. The first kappa shape index (κ1) is 12.5. The standard InChI is InChI=1S/C12H18N2O2S/c1-10-8-13-12(9-14(10)17(2,15)16)11-6-4-3-5-7-11/h3-7,10,12-13H,8-9H2,1-2H3. The van der Waals surface area contributed by atoms with E-state index in [1.54, 1.807) is 4.31 Å². The van der Waals surface area contributed by atoms with Gasteiger partial charge in [-0.2, -0.15) is 4.31 Å². The normalized spacial score (nSPS) is 26.9. The van der Waals surface area contributed by atoms with Crippen LogP contribution in [0, 0.1) is 0 Å². The molecule has 17 heavy (non-hydrogen) atoms. The third kappa shape index (κ3) is 2.86. The van der Waals surface area contributed by atoms with Gasteiger partial charge in [0.1, 0.15) is 0 Å². The van der Waals surface area contributed by atoms with Crippen molar-refractivity contribution in [2.45, 2.75) is 19.0 Å². The van der Waals surface area contributed by atoms with Crippen LogP contribution in [0.25, 0.3) is 0 Å². The lowest BCUT2D eigenvalue weighted by Crippen LogP contribution is -2.53. The number of rotatable bonds is 2. The van der Waals surface area contributed by atoms with Gasteiger partial charge in [-0.3, -0.25) is 0 Å². The van der Waals surface area contributed by atoms with E-state index in [9.17, 15) is 8.42 Å². The number of nitrogens with zero attached hydrogens (tertiary/aromatic N) is 1. The summed E-state index contributed by atoms with van der Waals surface area (Å²) in [5, 5.41) is 3.38. The molecule has 1 aromatic carbocycles. The van der Waals surface area contributed by atoms with E-state index in [1.165, 1.54) is 6.26 Å². The zero-order chi connectivity index (χ0) is 12.5. The van der Waals surface area contributed by atoms with E-state index in [0.29, 0.717) is 13.1 Å². The van der Waals surface area contributed by atoms with E-state index in [-0.39, 0.29) is 12.1 Å². The third-order valence-electron chi connectivity index (χ3n) is 3.14. The predicted molar refractivity (Wildman–Crippen MR) is 68.2 cm³/mol. The Bertz CT molecular complexity index is 473. The minimum atomic E-state index is -3.12. The van der Waals surface area contributed by atoms with E-state index in [0.717, 1.165) is 5.56 Å². The van der Waals surface area contributed by atoms with E-state index in [1.807, 2.05) is 37.3 Å². The van der Waals surface area contributed by atoms with Crippen LogP contribution in [0.1, 0.15) is 18.5 Å². The van der Waals surface area contributed by atoms with Gasteiger partial charge < -0.3 is 5.32 Å². The van der Waals surface area contributed by atoms with Crippen molar-refractivity contribution in [1.29, 1.82) is 0 Å². The molecule has 5 heteroatoms. The van der Waals surface area contributed by atoms with Gasteiger partial charge in [-0.05, 0) is 12.5 Å². The lowest BCUT2D eigenvalue weighted by molar-refractivity contribution is 0.239. The summed E-state index contributed by atoms with van der Waals surface area (Å²) in [6, 6.07) is 10.1. The molecular formula is C12H18N2O2S. The topological polar surface area (TPSA) is 49.4 Å². The minimum Gasteiger partial charge on any atom is -0.307 e. The number of piperazine rings is 1. The summed E-state index contributed by atoms with van der Waals surface area (Å²) in [7, 11) is -3.12. The zero-order valence-corrected chi connectivity index (χ0v) is 10.9. The smallest absolute Gasteiger partial charge is 0.211 e. The van der Waals surface area contributed by atoms with E-state index >= 15 is 0 Å². The average molecular weight is 254 g/mol. The van der Waals surface area contributed by atoms with Crippen LogP contribution in [0.5, 0.6) is 0 Å². The lowest BCUT2D eigenvalue weighted by atomic mass is 10.0. The van der Waals surface area contributed by atoms with Crippen LogP contribution in [0.15, 0.2) is 30.3 Å². The number of nitrogens with one attached hydrogen (secondary N) is 1. The van der Waals surface area contributed by atoms with E-state index in [2.05, 4.69) is 5.32 Å². The Morgan fingerprint density at radius 1 is 1.29 bits per heavy atom. The second kappa shape index (κ2) is 4.76. The van der Waals surface area contributed by atoms with Crippen LogP contribution < -0.4 is 5.32 Å². The van der Waals surface area contributed by atoms with Gasteiger partial charge in [0.15, 0.2) is 0 Å². The van der Waals surface area contributed by atoms with Crippen LogP contribution >= 0.6 is 0 Å². The fraction of sp³-hybridized carbons (Fsp3) is 0.500. The molecule has 0 radical (unpaired) electrons. The molecule has 1 N–H and O–H groups in total. The molecule has 1 aromatic rings. The van der Waals surface area contributed by atoms with Crippen LogP contribution in [0.4, 0.5) is 0 Å². The summed E-state index contributed by atoms with van der Waals surface area (Å²) in [4.78, 5) is 0. The van der Waals surface area contributed by atoms with Crippen molar-refractivity contribution >= 4 is 10.0 Å². The Labute approximate surface area is 103 Å². The van der Waals surface area contributed by atoms with Crippen molar-refractivity contribution < 1.29 is 8.42 Å². The monoisotopic (exact) mass is 254 g/mol. The summed E-state index contributed by atoms with van der Waals surface area (Å²) in [6.07, 6.45) is 1.27. The van der Waals surface area contributed by atoms with E-state index < -0.39 is 10.0 Å². The third-order valence-corrected chi connectivity index (χ3v) is 4.50. The second-order valence-corrected chi connectivity index (χ2v) is 6.49. The molecule has 94 valence electrons. The van der Waals surface area contributed by atoms with E-state index in [4.69, 9.17) is 0 Å². The molecule has 1 aliphatic heterocycles. The van der Waals surface area contributed by atoms with Gasteiger partial charge >= 0.3 is 0 Å². The molecule has 1 heterocycles. The molecule has 0 aromatic heterocycles. The fourth-order valence-corrected chi connectivity index (χ4v) is 3.36. The van der Waals surface area contributed by atoms with Gasteiger partial charge in [0.25, 0.3) is 0 Å². The first-order valence-corrected chi connectivity index (χ1v) is 7.58. The molecule has 0 bridgehead atoms. The Kier molecular flexibility index (Phi) is 3.51. The van der Waals surface area contributed by atoms with Crippen molar-refractivity contribution in [1.82, 2.24) is 9.62 Å². The SMILES string of the molecule is CC1CNC(c2ccccc2)CN1S(C)(=O)=O. The summed E-state index contributed by atoms with van der Waals surface area (Å²) in [5.74, 6) is 0. The Morgan fingerprint density at radius 3 is 2.53 bits per heavy atom. The Morgan fingerprint density at radius 2 is 1.94 bits per heavy atom. The van der Waals surface area contributed by atoms with Crippen molar-refractivity contribution in [3.8, 4) is 0 Å². The van der Waals surface area contributed by atoms with Gasteiger partial charge in [-0.15, -0.1) is 0 Å². The number of hydrogen-bond donors (Lipinski definition) is 1. The molecule has 2 atom stereocenters. The average Bonchev–Trinajstić information content (AvgIpc) is 2.29. The van der Waals surface area contributed by atoms with Gasteiger partial charge in [-0.1, -0.05) is 30.3 Å². The highest BCUT2D eigenvalue weighted by atomic mass is 32.2. The fourth-order valence-electron chi connectivity index (χ4n) is 2.21. The van der Waals surface area contributed by atoms with Gasteiger partial charge in [0.2, 0.25) is 10.0 Å². The maximum absolute atomic E-state index is 11.7. The van der Waals surface area contributed by atoms with Gasteiger partial charge in [0.05, 0.1) is 6.26 Å². The molecule has 1 saturated heterocycles. The highest BCUT2D eigenvalue weighted by Gasteiger charge is 2.31. The van der Waals surface area contributed by atoms with Gasteiger partial charge in [-0.25, -0.2) is 8.42 Å². The maximum atomic E-state index is 11.7. The highest BCUT2D eigenvalue weighted by Crippen LogP contribution is 2.21. The molecule has 0 amide bonds. The first-order chi connectivity index (χ1) is 7.98. The van der Waals surface area contributed by atoms with Crippen molar-refractivity contribution in [3.63, 3.8) is 0 Å². The largest absolute Gasteiger partial charge is 0.307 e. The lowest BCUT2D eigenvalue weighted by Gasteiger charge is -2.37. The molecule has 0 aliphatic carbocycles. The molecular weight excluding hydrogens is 236 g/mol. The zero-order valence-electron chi connectivity index (χ0n) is 10.1. The first-order valence-electron chi connectivity index (χ1n) is 5.73. The van der Waals surface area contributed by atoms with Crippen molar-refractivity contribution in [2.75, 3.05) is 19.3 Å². The Balaban J connectivity index is 2.19. The molecule has 2 rings (SSSR count). The molecule has 4 nitrogen and oxygen atoms in total. The summed E-state index contributed by atoms with van der Waals surface area (Å²) in [5.41, 5.74) is 1.13. The minimum absolute atomic E-state index is 0.0185. The van der Waals surface area contributed by atoms with Crippen LogP contribution in [-0.4, -0.2) is 38.1 Å². The molecule has 2 unspecified atom stereocenters. The van der Waals surface area contributed by atoms with Crippen LogP contribution in [0.3, 0.4) is 0 Å². The summed E-state index contributed by atoms with van der Waals surface area (Å²) in [6.45, 7) is 3.12. The second-order valence-electron chi connectivity index (χ2n) is 4.55. The maximum Gasteiger partial charge on any atom is 0.211 e.